The van der Waals surface area contributed by atoms with Crippen LogP contribution in [0.5, 0.6) is 0 Å². The molecule has 10 rings (SSSR count). The molecule has 0 aliphatic carbocycles. The standard InChI is InChI=1S/C48H31NS/c1-2-12-32(13-3-1)38-17-6-8-21-44(38)49(45-22-10-15-35-27-30-40-37-16-5-4-14-33(37)26-31-42(40)47(35)45)36-28-24-34(25-29-36)39-19-11-20-43-41-18-7-9-23-46(41)50-48(39)43/h1-31H. The lowest BCUT2D eigenvalue weighted by atomic mass is 9.95. The molecule has 9 aromatic carbocycles. The van der Waals surface area contributed by atoms with Gasteiger partial charge in [-0.25, -0.2) is 0 Å². The summed E-state index contributed by atoms with van der Waals surface area (Å²) < 4.78 is 2.66. The summed E-state index contributed by atoms with van der Waals surface area (Å²) in [6.45, 7) is 0. The molecule has 0 fully saturated rings. The molecular formula is C48H31NS. The Labute approximate surface area is 294 Å². The highest BCUT2D eigenvalue weighted by Gasteiger charge is 2.21. The van der Waals surface area contributed by atoms with Crippen molar-refractivity contribution in [2.45, 2.75) is 0 Å². The number of thiophene rings is 1. The van der Waals surface area contributed by atoms with Crippen LogP contribution in [-0.4, -0.2) is 0 Å². The first-order valence-corrected chi connectivity index (χ1v) is 17.9. The van der Waals surface area contributed by atoms with Gasteiger partial charge in [-0.1, -0.05) is 158 Å². The lowest BCUT2D eigenvalue weighted by Gasteiger charge is -2.29. The van der Waals surface area contributed by atoms with Crippen molar-refractivity contribution >= 4 is 80.9 Å². The van der Waals surface area contributed by atoms with Crippen LogP contribution in [0.3, 0.4) is 0 Å². The van der Waals surface area contributed by atoms with Gasteiger partial charge in [-0.15, -0.1) is 11.3 Å². The van der Waals surface area contributed by atoms with Crippen LogP contribution in [0.4, 0.5) is 17.1 Å². The Morgan fingerprint density at radius 2 is 0.960 bits per heavy atom. The van der Waals surface area contributed by atoms with Crippen molar-refractivity contribution in [3.05, 3.63) is 188 Å². The highest BCUT2D eigenvalue weighted by atomic mass is 32.1. The fourth-order valence-electron chi connectivity index (χ4n) is 7.75. The maximum Gasteiger partial charge on any atom is 0.0546 e. The molecule has 0 aliphatic heterocycles. The third kappa shape index (κ3) is 4.61. The Balaban J connectivity index is 1.22. The van der Waals surface area contributed by atoms with Crippen LogP contribution < -0.4 is 4.90 Å². The summed E-state index contributed by atoms with van der Waals surface area (Å²) in [6, 6.07) is 68.7. The maximum absolute atomic E-state index is 2.46. The van der Waals surface area contributed by atoms with E-state index in [2.05, 4.69) is 193 Å². The number of nitrogens with zero attached hydrogens (tertiary/aromatic N) is 1. The SMILES string of the molecule is c1ccc(-c2ccccc2N(c2ccc(-c3cccc4c3sc3ccccc34)cc2)c2cccc3ccc4c5ccccc5ccc4c23)cc1. The van der Waals surface area contributed by atoms with Gasteiger partial charge in [0.15, 0.2) is 0 Å². The maximum atomic E-state index is 2.46. The van der Waals surface area contributed by atoms with E-state index in [0.717, 1.165) is 17.1 Å². The summed E-state index contributed by atoms with van der Waals surface area (Å²) in [5, 5.41) is 10.2. The predicted molar refractivity (Wildman–Crippen MR) is 217 cm³/mol. The smallest absolute Gasteiger partial charge is 0.0546 e. The predicted octanol–water partition coefficient (Wildman–Crippen LogP) is 14.3. The van der Waals surface area contributed by atoms with Crippen molar-refractivity contribution in [2.24, 2.45) is 0 Å². The van der Waals surface area contributed by atoms with Crippen molar-refractivity contribution in [1.29, 1.82) is 0 Å². The first kappa shape index (κ1) is 28.8. The van der Waals surface area contributed by atoms with E-state index >= 15 is 0 Å². The van der Waals surface area contributed by atoms with Crippen LogP contribution in [0.1, 0.15) is 0 Å². The fraction of sp³-hybridized carbons (Fsp3) is 0. The molecule has 0 atom stereocenters. The Morgan fingerprint density at radius 1 is 0.340 bits per heavy atom. The van der Waals surface area contributed by atoms with Gasteiger partial charge < -0.3 is 4.90 Å². The van der Waals surface area contributed by atoms with Crippen LogP contribution in [0, 0.1) is 0 Å². The molecule has 234 valence electrons. The van der Waals surface area contributed by atoms with Crippen LogP contribution >= 0.6 is 11.3 Å². The Kier molecular flexibility index (Phi) is 6.75. The molecule has 50 heavy (non-hydrogen) atoms. The number of benzene rings is 9. The summed E-state index contributed by atoms with van der Waals surface area (Å²) in [5.41, 5.74) is 8.29. The first-order valence-electron chi connectivity index (χ1n) is 17.1. The minimum Gasteiger partial charge on any atom is -0.309 e. The monoisotopic (exact) mass is 653 g/mol. The normalized spacial score (nSPS) is 11.6. The van der Waals surface area contributed by atoms with E-state index < -0.39 is 0 Å². The van der Waals surface area contributed by atoms with E-state index in [0.29, 0.717) is 0 Å². The molecule has 0 saturated carbocycles. The van der Waals surface area contributed by atoms with Crippen molar-refractivity contribution in [3.8, 4) is 22.3 Å². The second kappa shape index (κ2) is 11.7. The molecule has 0 bridgehead atoms. The highest BCUT2D eigenvalue weighted by molar-refractivity contribution is 7.26. The average molecular weight is 654 g/mol. The summed E-state index contributed by atoms with van der Waals surface area (Å²) in [6.07, 6.45) is 0. The lowest BCUT2D eigenvalue weighted by molar-refractivity contribution is 1.30. The van der Waals surface area contributed by atoms with Crippen molar-refractivity contribution in [2.75, 3.05) is 4.90 Å². The number of anilines is 3. The number of hydrogen-bond acceptors (Lipinski definition) is 2. The van der Waals surface area contributed by atoms with E-state index in [1.807, 2.05) is 11.3 Å². The van der Waals surface area contributed by atoms with E-state index in [9.17, 15) is 0 Å². The fourth-order valence-corrected chi connectivity index (χ4v) is 8.98. The quantitative estimate of drug-likeness (QED) is 0.167. The minimum absolute atomic E-state index is 1.12. The second-order valence-corrected chi connectivity index (χ2v) is 13.9. The molecule has 0 unspecified atom stereocenters. The molecule has 0 radical (unpaired) electrons. The topological polar surface area (TPSA) is 3.24 Å². The van der Waals surface area contributed by atoms with E-state index in [-0.39, 0.29) is 0 Å². The van der Waals surface area contributed by atoms with E-state index in [1.54, 1.807) is 0 Å². The van der Waals surface area contributed by atoms with Crippen molar-refractivity contribution < 1.29 is 0 Å². The third-order valence-electron chi connectivity index (χ3n) is 10.1. The van der Waals surface area contributed by atoms with Gasteiger partial charge in [-0.05, 0) is 74.0 Å². The molecule has 2 heteroatoms. The zero-order valence-corrected chi connectivity index (χ0v) is 28.1. The van der Waals surface area contributed by atoms with Crippen LogP contribution in [0.15, 0.2) is 188 Å². The second-order valence-electron chi connectivity index (χ2n) is 12.9. The Morgan fingerprint density at radius 3 is 1.86 bits per heavy atom. The zero-order valence-electron chi connectivity index (χ0n) is 27.3. The summed E-state index contributed by atoms with van der Waals surface area (Å²) in [4.78, 5) is 2.46. The number of para-hydroxylation sites is 1. The molecular weight excluding hydrogens is 623 g/mol. The molecule has 0 N–H and O–H groups in total. The molecule has 0 aliphatic rings. The van der Waals surface area contributed by atoms with Gasteiger partial charge in [0.05, 0.1) is 11.4 Å². The molecule has 0 spiro atoms. The molecule has 1 nitrogen and oxygen atoms in total. The van der Waals surface area contributed by atoms with Gasteiger partial charge in [0, 0.05) is 36.8 Å². The summed E-state index contributed by atoms with van der Waals surface area (Å²) in [5.74, 6) is 0. The number of hydrogen-bond donors (Lipinski definition) is 0. The Hall–Kier alpha value is -6.22. The average Bonchev–Trinajstić information content (AvgIpc) is 3.58. The highest BCUT2D eigenvalue weighted by Crippen LogP contribution is 2.46. The van der Waals surface area contributed by atoms with Gasteiger partial charge in [0.1, 0.15) is 0 Å². The van der Waals surface area contributed by atoms with Gasteiger partial charge in [-0.2, -0.15) is 0 Å². The molecule has 10 aromatic rings. The molecule has 0 saturated heterocycles. The zero-order chi connectivity index (χ0) is 33.0. The van der Waals surface area contributed by atoms with Gasteiger partial charge in [-0.3, -0.25) is 0 Å². The molecule has 1 heterocycles. The van der Waals surface area contributed by atoms with Gasteiger partial charge in [0.25, 0.3) is 0 Å². The van der Waals surface area contributed by atoms with E-state index in [4.69, 9.17) is 0 Å². The van der Waals surface area contributed by atoms with Crippen molar-refractivity contribution in [3.63, 3.8) is 0 Å². The van der Waals surface area contributed by atoms with Gasteiger partial charge >= 0.3 is 0 Å². The van der Waals surface area contributed by atoms with Crippen LogP contribution in [0.2, 0.25) is 0 Å². The van der Waals surface area contributed by atoms with Crippen LogP contribution in [0.25, 0.3) is 74.7 Å². The number of fused-ring (bicyclic) bond motifs is 8. The number of rotatable bonds is 5. The van der Waals surface area contributed by atoms with Gasteiger partial charge in [0.2, 0.25) is 0 Å². The largest absolute Gasteiger partial charge is 0.309 e. The first-order chi connectivity index (χ1) is 24.8. The lowest BCUT2D eigenvalue weighted by Crippen LogP contribution is -2.12. The summed E-state index contributed by atoms with van der Waals surface area (Å²) in [7, 11) is 0. The van der Waals surface area contributed by atoms with E-state index in [1.165, 1.54) is 74.7 Å². The minimum atomic E-state index is 1.12. The summed E-state index contributed by atoms with van der Waals surface area (Å²) >= 11 is 1.88. The molecule has 0 amide bonds. The Bertz CT molecular complexity index is 2870. The molecule has 1 aromatic heterocycles. The third-order valence-corrected chi connectivity index (χ3v) is 11.3. The van der Waals surface area contributed by atoms with Crippen LogP contribution in [-0.2, 0) is 0 Å². The van der Waals surface area contributed by atoms with Crippen molar-refractivity contribution in [1.82, 2.24) is 0 Å².